The lowest BCUT2D eigenvalue weighted by Crippen LogP contribution is -2.09. The molecular formula is C16H18N2O3. The van der Waals surface area contributed by atoms with Gasteiger partial charge in [-0.25, -0.2) is 9.78 Å². The van der Waals surface area contributed by atoms with Crippen molar-refractivity contribution in [3.05, 3.63) is 59.3 Å². The number of pyridine rings is 1. The van der Waals surface area contributed by atoms with E-state index in [0.717, 1.165) is 11.1 Å². The number of anilines is 1. The second-order valence-corrected chi connectivity index (χ2v) is 4.50. The van der Waals surface area contributed by atoms with Crippen LogP contribution in [0.2, 0.25) is 0 Å². The number of nitrogens with one attached hydrogen (secondary N) is 1. The quantitative estimate of drug-likeness (QED) is 0.827. The standard InChI is InChI=1S/C16H18N2O3/c1-20-11-13-6-3-5-12(9-13)10-18-15-14(16(19)21-2)7-4-8-17-15/h3-9H,10-11H2,1-2H3,(H,17,18). The summed E-state index contributed by atoms with van der Waals surface area (Å²) in [6.07, 6.45) is 1.64. The number of methoxy groups -OCH3 is 2. The zero-order valence-corrected chi connectivity index (χ0v) is 12.1. The smallest absolute Gasteiger partial charge is 0.341 e. The van der Waals surface area contributed by atoms with E-state index in [0.29, 0.717) is 24.5 Å². The van der Waals surface area contributed by atoms with Crippen LogP contribution in [0.3, 0.4) is 0 Å². The molecule has 0 saturated heterocycles. The number of nitrogens with zero attached hydrogens (tertiary/aromatic N) is 1. The zero-order chi connectivity index (χ0) is 15.1. The number of esters is 1. The van der Waals surface area contributed by atoms with Crippen LogP contribution in [0.1, 0.15) is 21.5 Å². The summed E-state index contributed by atoms with van der Waals surface area (Å²) in [7, 11) is 3.02. The predicted molar refractivity (Wildman–Crippen MR) is 80.1 cm³/mol. The molecule has 1 heterocycles. The minimum absolute atomic E-state index is 0.404. The van der Waals surface area contributed by atoms with E-state index >= 15 is 0 Å². The normalized spacial score (nSPS) is 10.2. The number of hydrogen-bond acceptors (Lipinski definition) is 5. The molecule has 0 aliphatic heterocycles. The van der Waals surface area contributed by atoms with Gasteiger partial charge in [0.05, 0.1) is 13.7 Å². The highest BCUT2D eigenvalue weighted by atomic mass is 16.5. The lowest BCUT2D eigenvalue weighted by atomic mass is 10.1. The number of rotatable bonds is 6. The summed E-state index contributed by atoms with van der Waals surface area (Å²) >= 11 is 0. The van der Waals surface area contributed by atoms with E-state index in [1.807, 2.05) is 18.2 Å². The fraction of sp³-hybridized carbons (Fsp3) is 0.250. The van der Waals surface area contributed by atoms with Crippen molar-refractivity contribution in [3.63, 3.8) is 0 Å². The van der Waals surface area contributed by atoms with Crippen molar-refractivity contribution in [3.8, 4) is 0 Å². The Kier molecular flexibility index (Phi) is 5.29. The molecule has 2 rings (SSSR count). The minimum Gasteiger partial charge on any atom is -0.465 e. The topological polar surface area (TPSA) is 60.5 Å². The van der Waals surface area contributed by atoms with Crippen molar-refractivity contribution < 1.29 is 14.3 Å². The van der Waals surface area contributed by atoms with Gasteiger partial charge < -0.3 is 14.8 Å². The predicted octanol–water partition coefficient (Wildman–Crippen LogP) is 2.63. The first-order valence-corrected chi connectivity index (χ1v) is 6.58. The molecule has 0 bridgehead atoms. The van der Waals surface area contributed by atoms with E-state index in [4.69, 9.17) is 9.47 Å². The molecule has 0 saturated carbocycles. The Bertz CT molecular complexity index is 614. The van der Waals surface area contributed by atoms with Gasteiger partial charge in [-0.2, -0.15) is 0 Å². The molecule has 0 amide bonds. The van der Waals surface area contributed by atoms with Gasteiger partial charge in [0.25, 0.3) is 0 Å². The fourth-order valence-electron chi connectivity index (χ4n) is 2.00. The van der Waals surface area contributed by atoms with Crippen molar-refractivity contribution in [1.29, 1.82) is 0 Å². The maximum absolute atomic E-state index is 11.7. The van der Waals surface area contributed by atoms with Gasteiger partial charge in [-0.15, -0.1) is 0 Å². The van der Waals surface area contributed by atoms with Gasteiger partial charge in [-0.3, -0.25) is 0 Å². The number of benzene rings is 1. The molecule has 1 N–H and O–H groups in total. The Morgan fingerprint density at radius 1 is 1.19 bits per heavy atom. The number of carbonyl (C=O) groups excluding carboxylic acids is 1. The van der Waals surface area contributed by atoms with Gasteiger partial charge >= 0.3 is 5.97 Å². The Balaban J connectivity index is 2.09. The summed E-state index contributed by atoms with van der Waals surface area (Å²) < 4.78 is 9.86. The molecule has 0 radical (unpaired) electrons. The molecule has 1 aromatic heterocycles. The van der Waals surface area contributed by atoms with Crippen LogP contribution in [0.15, 0.2) is 42.6 Å². The van der Waals surface area contributed by atoms with E-state index in [1.54, 1.807) is 25.4 Å². The average molecular weight is 286 g/mol. The molecule has 1 aromatic carbocycles. The third kappa shape index (κ3) is 4.03. The summed E-state index contributed by atoms with van der Waals surface area (Å²) in [6, 6.07) is 11.4. The van der Waals surface area contributed by atoms with E-state index in [1.165, 1.54) is 7.11 Å². The number of ether oxygens (including phenoxy) is 2. The van der Waals surface area contributed by atoms with Crippen LogP contribution in [-0.2, 0) is 22.6 Å². The third-order valence-electron chi connectivity index (χ3n) is 2.98. The minimum atomic E-state index is -0.404. The Labute approximate surface area is 123 Å². The highest BCUT2D eigenvalue weighted by Crippen LogP contribution is 2.14. The number of hydrogen-bond donors (Lipinski definition) is 1. The van der Waals surface area contributed by atoms with Gasteiger partial charge in [0.1, 0.15) is 11.4 Å². The van der Waals surface area contributed by atoms with Crippen LogP contribution in [0.5, 0.6) is 0 Å². The van der Waals surface area contributed by atoms with Crippen molar-refractivity contribution >= 4 is 11.8 Å². The molecule has 0 unspecified atom stereocenters. The van der Waals surface area contributed by atoms with Gasteiger partial charge in [0.2, 0.25) is 0 Å². The molecular weight excluding hydrogens is 268 g/mol. The molecule has 0 fully saturated rings. The third-order valence-corrected chi connectivity index (χ3v) is 2.98. The van der Waals surface area contributed by atoms with Crippen LogP contribution in [0.4, 0.5) is 5.82 Å². The Hall–Kier alpha value is -2.40. The summed E-state index contributed by atoms with van der Waals surface area (Å²) in [5.41, 5.74) is 2.62. The molecule has 5 heteroatoms. The van der Waals surface area contributed by atoms with Gasteiger partial charge in [0, 0.05) is 19.9 Å². The molecule has 5 nitrogen and oxygen atoms in total. The summed E-state index contributed by atoms with van der Waals surface area (Å²) in [5, 5.41) is 3.16. The molecule has 110 valence electrons. The first-order chi connectivity index (χ1) is 10.2. The van der Waals surface area contributed by atoms with Crippen molar-refractivity contribution in [2.24, 2.45) is 0 Å². The monoisotopic (exact) mass is 286 g/mol. The van der Waals surface area contributed by atoms with Crippen LogP contribution < -0.4 is 5.32 Å². The SMILES string of the molecule is COCc1cccc(CNc2ncccc2C(=O)OC)c1. The molecule has 0 spiro atoms. The first kappa shape index (κ1) is 15.0. The molecule has 0 atom stereocenters. The molecule has 0 aliphatic carbocycles. The Morgan fingerprint density at radius 2 is 2.00 bits per heavy atom. The van der Waals surface area contributed by atoms with Crippen LogP contribution in [0, 0.1) is 0 Å². The summed E-state index contributed by atoms with van der Waals surface area (Å²) in [4.78, 5) is 15.9. The van der Waals surface area contributed by atoms with Crippen molar-refractivity contribution in [2.45, 2.75) is 13.2 Å². The highest BCUT2D eigenvalue weighted by molar-refractivity contribution is 5.94. The second-order valence-electron chi connectivity index (χ2n) is 4.50. The van der Waals surface area contributed by atoms with Gasteiger partial charge in [-0.05, 0) is 23.3 Å². The first-order valence-electron chi connectivity index (χ1n) is 6.58. The maximum Gasteiger partial charge on any atom is 0.341 e. The van der Waals surface area contributed by atoms with Crippen molar-refractivity contribution in [2.75, 3.05) is 19.5 Å². The van der Waals surface area contributed by atoms with Crippen LogP contribution >= 0.6 is 0 Å². The largest absolute Gasteiger partial charge is 0.465 e. The fourth-order valence-corrected chi connectivity index (χ4v) is 2.00. The number of aromatic nitrogens is 1. The summed E-state index contributed by atoms with van der Waals surface area (Å²) in [5.74, 6) is 0.111. The van der Waals surface area contributed by atoms with E-state index in [-0.39, 0.29) is 0 Å². The van der Waals surface area contributed by atoms with Gasteiger partial charge in [-0.1, -0.05) is 24.3 Å². The van der Waals surface area contributed by atoms with E-state index < -0.39 is 5.97 Å². The Morgan fingerprint density at radius 3 is 2.76 bits per heavy atom. The van der Waals surface area contributed by atoms with Crippen LogP contribution in [0.25, 0.3) is 0 Å². The molecule has 21 heavy (non-hydrogen) atoms. The molecule has 0 aliphatic rings. The lowest BCUT2D eigenvalue weighted by Gasteiger charge is -2.10. The number of carbonyl (C=O) groups is 1. The van der Waals surface area contributed by atoms with E-state index in [2.05, 4.69) is 16.4 Å². The highest BCUT2D eigenvalue weighted by Gasteiger charge is 2.11. The maximum atomic E-state index is 11.7. The van der Waals surface area contributed by atoms with Crippen molar-refractivity contribution in [1.82, 2.24) is 4.98 Å². The second kappa shape index (κ2) is 7.40. The van der Waals surface area contributed by atoms with Crippen LogP contribution in [-0.4, -0.2) is 25.2 Å². The lowest BCUT2D eigenvalue weighted by molar-refractivity contribution is 0.0601. The molecule has 2 aromatic rings. The zero-order valence-electron chi connectivity index (χ0n) is 12.1. The van der Waals surface area contributed by atoms with E-state index in [9.17, 15) is 4.79 Å². The van der Waals surface area contributed by atoms with Gasteiger partial charge in [0.15, 0.2) is 0 Å². The average Bonchev–Trinajstić information content (AvgIpc) is 2.53. The summed E-state index contributed by atoms with van der Waals surface area (Å²) in [6.45, 7) is 1.14.